The van der Waals surface area contributed by atoms with Crippen molar-refractivity contribution in [2.45, 2.75) is 18.0 Å². The van der Waals surface area contributed by atoms with E-state index in [4.69, 9.17) is 17.3 Å². The first-order valence-electron chi connectivity index (χ1n) is 5.86. The maximum Gasteiger partial charge on any atom is 0.246 e. The smallest absolute Gasteiger partial charge is 0.246 e. The molecule has 0 aliphatic rings. The van der Waals surface area contributed by atoms with Gasteiger partial charge in [-0.2, -0.15) is 9.40 Å². The Morgan fingerprint density at radius 1 is 1.50 bits per heavy atom. The number of aromatic nitrogens is 2. The summed E-state index contributed by atoms with van der Waals surface area (Å²) in [5.41, 5.74) is 5.41. The number of sulfonamides is 1. The second-order valence-electron chi connectivity index (χ2n) is 4.19. The molecule has 2 heterocycles. The highest BCUT2D eigenvalue weighted by Crippen LogP contribution is 2.24. The van der Waals surface area contributed by atoms with Gasteiger partial charge < -0.3 is 5.73 Å². The fourth-order valence-corrected chi connectivity index (χ4v) is 3.98. The first kappa shape index (κ1) is 15.5. The highest BCUT2D eigenvalue weighted by molar-refractivity contribution is 7.89. The molecule has 0 saturated carbocycles. The van der Waals surface area contributed by atoms with E-state index in [9.17, 15) is 8.42 Å². The molecule has 0 unspecified atom stereocenters. The highest BCUT2D eigenvalue weighted by Gasteiger charge is 2.23. The van der Waals surface area contributed by atoms with Gasteiger partial charge in [0.25, 0.3) is 0 Å². The molecule has 110 valence electrons. The van der Waals surface area contributed by atoms with Crippen LogP contribution in [0.4, 0.5) is 0 Å². The van der Waals surface area contributed by atoms with Crippen LogP contribution in [-0.2, 0) is 23.1 Å². The number of hydrogen-bond acceptors (Lipinski definition) is 5. The van der Waals surface area contributed by atoms with Crippen molar-refractivity contribution in [2.24, 2.45) is 5.73 Å². The second kappa shape index (κ2) is 6.23. The van der Waals surface area contributed by atoms with E-state index < -0.39 is 10.0 Å². The lowest BCUT2D eigenvalue weighted by atomic mass is 10.5. The van der Waals surface area contributed by atoms with Gasteiger partial charge in [0.1, 0.15) is 4.90 Å². The lowest BCUT2D eigenvalue weighted by Crippen LogP contribution is -2.25. The molecule has 9 heteroatoms. The molecule has 20 heavy (non-hydrogen) atoms. The van der Waals surface area contributed by atoms with E-state index in [1.165, 1.54) is 39.8 Å². The SMILES string of the molecule is CN(Cc1ccc(Cl)s1)S(=O)(=O)c1cnn(CCN)c1. The van der Waals surface area contributed by atoms with Crippen molar-refractivity contribution in [2.75, 3.05) is 13.6 Å². The summed E-state index contributed by atoms with van der Waals surface area (Å²) in [7, 11) is -2.02. The van der Waals surface area contributed by atoms with E-state index in [0.29, 0.717) is 17.4 Å². The minimum Gasteiger partial charge on any atom is -0.329 e. The van der Waals surface area contributed by atoms with E-state index in [1.807, 2.05) is 6.07 Å². The third-order valence-electron chi connectivity index (χ3n) is 2.68. The summed E-state index contributed by atoms with van der Waals surface area (Å²) in [4.78, 5) is 1.05. The number of hydrogen-bond donors (Lipinski definition) is 1. The molecule has 0 fully saturated rings. The van der Waals surface area contributed by atoms with Gasteiger partial charge in [0.15, 0.2) is 0 Å². The van der Waals surface area contributed by atoms with Crippen LogP contribution in [0.3, 0.4) is 0 Å². The van der Waals surface area contributed by atoms with E-state index in [0.717, 1.165) is 4.88 Å². The van der Waals surface area contributed by atoms with Crippen LogP contribution in [-0.4, -0.2) is 36.1 Å². The van der Waals surface area contributed by atoms with Gasteiger partial charge in [0, 0.05) is 31.2 Å². The minimum absolute atomic E-state index is 0.163. The predicted octanol–water partition coefficient (Wildman–Crippen LogP) is 1.38. The first-order chi connectivity index (χ1) is 9.43. The first-order valence-corrected chi connectivity index (χ1v) is 8.50. The molecule has 0 spiro atoms. The second-order valence-corrected chi connectivity index (χ2v) is 8.04. The van der Waals surface area contributed by atoms with E-state index in [2.05, 4.69) is 5.10 Å². The van der Waals surface area contributed by atoms with E-state index in [1.54, 1.807) is 6.07 Å². The summed E-state index contributed by atoms with van der Waals surface area (Å²) in [5, 5.41) is 3.98. The third-order valence-corrected chi connectivity index (χ3v) is 5.66. The molecular weight excluding hydrogens is 320 g/mol. The number of halogens is 1. The molecule has 0 amide bonds. The van der Waals surface area contributed by atoms with Crippen molar-refractivity contribution >= 4 is 33.0 Å². The fourth-order valence-electron chi connectivity index (χ4n) is 1.65. The van der Waals surface area contributed by atoms with Crippen LogP contribution in [0.15, 0.2) is 29.4 Å². The van der Waals surface area contributed by atoms with Crippen LogP contribution < -0.4 is 5.73 Å². The number of thiophene rings is 1. The van der Waals surface area contributed by atoms with Crippen LogP contribution in [0.5, 0.6) is 0 Å². The lowest BCUT2D eigenvalue weighted by Gasteiger charge is -2.14. The molecule has 0 radical (unpaired) electrons. The largest absolute Gasteiger partial charge is 0.329 e. The van der Waals surface area contributed by atoms with Gasteiger partial charge >= 0.3 is 0 Å². The zero-order valence-electron chi connectivity index (χ0n) is 10.9. The Morgan fingerprint density at radius 3 is 2.85 bits per heavy atom. The molecule has 2 aromatic heterocycles. The Hall–Kier alpha value is -0.930. The summed E-state index contributed by atoms with van der Waals surface area (Å²) in [6.07, 6.45) is 2.82. The van der Waals surface area contributed by atoms with Crippen LogP contribution in [0, 0.1) is 0 Å². The third kappa shape index (κ3) is 3.39. The average molecular weight is 335 g/mol. The Bertz CT molecular complexity index is 680. The lowest BCUT2D eigenvalue weighted by molar-refractivity contribution is 0.469. The van der Waals surface area contributed by atoms with Gasteiger partial charge in [-0.15, -0.1) is 11.3 Å². The number of rotatable bonds is 6. The van der Waals surface area contributed by atoms with Gasteiger partial charge in [-0.3, -0.25) is 4.68 Å². The zero-order valence-corrected chi connectivity index (χ0v) is 13.2. The van der Waals surface area contributed by atoms with Crippen molar-refractivity contribution < 1.29 is 8.42 Å². The molecule has 2 rings (SSSR count). The molecule has 0 aliphatic heterocycles. The Labute approximate surface area is 126 Å². The molecule has 2 aromatic rings. The Morgan fingerprint density at radius 2 is 2.25 bits per heavy atom. The molecule has 2 N–H and O–H groups in total. The number of nitrogens with two attached hydrogens (primary N) is 1. The van der Waals surface area contributed by atoms with Gasteiger partial charge in [-0.1, -0.05) is 11.6 Å². The van der Waals surface area contributed by atoms with Crippen LogP contribution in [0.2, 0.25) is 4.34 Å². The molecule has 0 bridgehead atoms. The highest BCUT2D eigenvalue weighted by atomic mass is 35.5. The van der Waals surface area contributed by atoms with Crippen molar-refractivity contribution in [3.05, 3.63) is 33.7 Å². The Balaban J connectivity index is 2.15. The standard InChI is InChI=1S/C11H15ClN4O2S2/c1-15(7-9-2-3-11(12)19-9)20(17,18)10-6-14-16(8-10)5-4-13/h2-3,6,8H,4-5,7,13H2,1H3. The average Bonchev–Trinajstić information content (AvgIpc) is 2.99. The molecule has 0 aromatic carbocycles. The van der Waals surface area contributed by atoms with Gasteiger partial charge in [-0.05, 0) is 12.1 Å². The summed E-state index contributed by atoms with van der Waals surface area (Å²) >= 11 is 7.20. The quantitative estimate of drug-likeness (QED) is 0.865. The van der Waals surface area contributed by atoms with Crippen molar-refractivity contribution in [3.63, 3.8) is 0 Å². The normalized spacial score (nSPS) is 12.2. The van der Waals surface area contributed by atoms with Crippen LogP contribution >= 0.6 is 22.9 Å². The molecular formula is C11H15ClN4O2S2. The zero-order chi connectivity index (χ0) is 14.8. The summed E-state index contributed by atoms with van der Waals surface area (Å²) in [6, 6.07) is 3.57. The summed E-state index contributed by atoms with van der Waals surface area (Å²) in [6.45, 7) is 1.17. The van der Waals surface area contributed by atoms with Gasteiger partial charge in [0.05, 0.1) is 17.1 Å². The van der Waals surface area contributed by atoms with E-state index in [-0.39, 0.29) is 11.4 Å². The molecule has 0 atom stereocenters. The summed E-state index contributed by atoms with van der Waals surface area (Å²) < 4.78 is 28.2. The number of nitrogens with zero attached hydrogens (tertiary/aromatic N) is 3. The molecule has 6 nitrogen and oxygen atoms in total. The van der Waals surface area contributed by atoms with Crippen molar-refractivity contribution in [3.8, 4) is 0 Å². The maximum atomic E-state index is 12.4. The van der Waals surface area contributed by atoms with E-state index >= 15 is 0 Å². The molecule has 0 saturated heterocycles. The fraction of sp³-hybridized carbons (Fsp3) is 0.364. The van der Waals surface area contributed by atoms with Gasteiger partial charge in [-0.25, -0.2) is 8.42 Å². The maximum absolute atomic E-state index is 12.4. The topological polar surface area (TPSA) is 81.2 Å². The predicted molar refractivity (Wildman–Crippen MR) is 79.3 cm³/mol. The Kier molecular flexibility index (Phi) is 4.82. The summed E-state index contributed by atoms with van der Waals surface area (Å²) in [5.74, 6) is 0. The monoisotopic (exact) mass is 334 g/mol. The van der Waals surface area contributed by atoms with Crippen LogP contribution in [0.1, 0.15) is 4.88 Å². The van der Waals surface area contributed by atoms with Crippen LogP contribution in [0.25, 0.3) is 0 Å². The minimum atomic E-state index is -3.55. The van der Waals surface area contributed by atoms with Crippen molar-refractivity contribution in [1.29, 1.82) is 0 Å². The molecule has 0 aliphatic carbocycles. The van der Waals surface area contributed by atoms with Crippen molar-refractivity contribution in [1.82, 2.24) is 14.1 Å². The van der Waals surface area contributed by atoms with Gasteiger partial charge in [0.2, 0.25) is 10.0 Å².